The minimum absolute atomic E-state index is 0.108. The number of para-hydroxylation sites is 1. The van der Waals surface area contributed by atoms with Gasteiger partial charge < -0.3 is 14.9 Å². The van der Waals surface area contributed by atoms with Crippen LogP contribution in [0.1, 0.15) is 45.1 Å². The lowest BCUT2D eigenvalue weighted by Gasteiger charge is -2.30. The molecular weight excluding hydrogens is 531 g/mol. The highest BCUT2D eigenvalue weighted by atomic mass is 35.5. The number of anilines is 2. The summed E-state index contributed by atoms with van der Waals surface area (Å²) in [7, 11) is 2.09. The number of ketones is 2. The first kappa shape index (κ1) is 31.3. The van der Waals surface area contributed by atoms with Crippen LogP contribution in [-0.2, 0) is 19.2 Å². The Kier molecular flexibility index (Phi) is 12.3. The van der Waals surface area contributed by atoms with Crippen LogP contribution in [0.4, 0.5) is 15.8 Å². The van der Waals surface area contributed by atoms with Crippen molar-refractivity contribution in [1.82, 2.24) is 4.90 Å². The zero-order valence-electron chi connectivity index (χ0n) is 22.1. The van der Waals surface area contributed by atoms with E-state index in [1.54, 1.807) is 23.6 Å². The minimum atomic E-state index is -1.07. The van der Waals surface area contributed by atoms with Crippen molar-refractivity contribution in [2.24, 2.45) is 5.92 Å². The van der Waals surface area contributed by atoms with Gasteiger partial charge in [0.15, 0.2) is 11.6 Å². The second-order valence-electron chi connectivity index (χ2n) is 9.24. The number of carboxylic acid groups (broad SMARTS) is 1. The third-order valence-corrected chi connectivity index (χ3v) is 8.16. The number of aliphatic carboxylic acids is 1. The molecule has 1 N–H and O–H groups in total. The summed E-state index contributed by atoms with van der Waals surface area (Å²) >= 11 is 8.15. The van der Waals surface area contributed by atoms with Crippen molar-refractivity contribution in [3.05, 3.63) is 47.0 Å². The molecule has 0 bridgehead atoms. The van der Waals surface area contributed by atoms with Crippen molar-refractivity contribution >= 4 is 58.7 Å². The van der Waals surface area contributed by atoms with Crippen molar-refractivity contribution in [3.63, 3.8) is 0 Å². The molecule has 0 aromatic heterocycles. The quantitative estimate of drug-likeness (QED) is 0.423. The van der Waals surface area contributed by atoms with Gasteiger partial charge in [-0.15, -0.1) is 0 Å². The van der Waals surface area contributed by atoms with Crippen molar-refractivity contribution in [2.45, 2.75) is 62.3 Å². The van der Waals surface area contributed by atoms with Crippen LogP contribution < -0.4 is 4.90 Å². The first-order valence-corrected chi connectivity index (χ1v) is 13.5. The zero-order chi connectivity index (χ0) is 28.4. The molecule has 2 aliphatic rings. The average molecular weight is 565 g/mol. The van der Waals surface area contributed by atoms with Gasteiger partial charge in [-0.2, -0.15) is 0 Å². The van der Waals surface area contributed by atoms with Gasteiger partial charge in [0.05, 0.1) is 33.8 Å². The Balaban J connectivity index is 0.000000212. The molecule has 0 radical (unpaired) electrons. The number of piperidine rings is 1. The topological polar surface area (TPSA) is 95.0 Å². The SMILES string of the molecule is CC(=O)C1CCCCN1C=O.CC(CC(=O)O)C(=O)CF.Cc1ccc2c(c1Cl)Sc1ccccc1N2C. The average Bonchev–Trinajstić information content (AvgIpc) is 2.91. The predicted octanol–water partition coefficient (Wildman–Crippen LogP) is 6.10. The van der Waals surface area contributed by atoms with Crippen LogP contribution in [-0.4, -0.2) is 60.3 Å². The molecule has 1 saturated heterocycles. The van der Waals surface area contributed by atoms with E-state index in [-0.39, 0.29) is 18.2 Å². The second kappa shape index (κ2) is 14.9. The smallest absolute Gasteiger partial charge is 0.304 e. The normalized spacial score (nSPS) is 16.4. The van der Waals surface area contributed by atoms with Gasteiger partial charge in [0.1, 0.15) is 6.67 Å². The third-order valence-electron chi connectivity index (χ3n) is 6.38. The van der Waals surface area contributed by atoms with Gasteiger partial charge in [0.2, 0.25) is 6.41 Å². The molecular formula is C28H34ClFN2O5S. The van der Waals surface area contributed by atoms with Crippen LogP contribution in [0.5, 0.6) is 0 Å². The van der Waals surface area contributed by atoms with E-state index >= 15 is 0 Å². The molecule has 2 aromatic rings. The Hall–Kier alpha value is -2.91. The predicted molar refractivity (Wildman–Crippen MR) is 148 cm³/mol. The maximum absolute atomic E-state index is 11.5. The van der Waals surface area contributed by atoms with E-state index in [4.69, 9.17) is 16.7 Å². The monoisotopic (exact) mass is 564 g/mol. The number of nitrogens with zero attached hydrogens (tertiary/aromatic N) is 2. The molecule has 4 rings (SSSR count). The van der Waals surface area contributed by atoms with E-state index in [1.165, 1.54) is 23.2 Å². The maximum atomic E-state index is 11.5. The summed E-state index contributed by atoms with van der Waals surface area (Å²) in [4.78, 5) is 48.0. The van der Waals surface area contributed by atoms with E-state index in [1.807, 2.05) is 6.92 Å². The number of rotatable bonds is 6. The standard InChI is InChI=1S/C14H12ClNS.C8H13NO2.C6H9FO3/c1-9-7-8-11-14(13(9)15)17-12-6-4-3-5-10(12)16(11)2;1-7(11)8-4-2-3-5-9(8)6-10;1-4(2-6(9)10)5(8)3-7/h3-8H,1-2H3;6,8H,2-5H2,1H3;4H,2-3H2,1H3,(H,9,10). The van der Waals surface area contributed by atoms with Gasteiger partial charge in [0, 0.05) is 24.4 Å². The molecule has 206 valence electrons. The van der Waals surface area contributed by atoms with Crippen LogP contribution in [0.15, 0.2) is 46.2 Å². The van der Waals surface area contributed by atoms with Crippen LogP contribution in [0.25, 0.3) is 0 Å². The molecule has 10 heteroatoms. The number of carbonyl (C=O) groups is 4. The maximum Gasteiger partial charge on any atom is 0.304 e. The largest absolute Gasteiger partial charge is 0.481 e. The fraction of sp³-hybridized carbons (Fsp3) is 0.429. The molecule has 2 heterocycles. The lowest BCUT2D eigenvalue weighted by Crippen LogP contribution is -2.42. The van der Waals surface area contributed by atoms with E-state index in [2.05, 4.69) is 48.3 Å². The molecule has 38 heavy (non-hydrogen) atoms. The first-order chi connectivity index (χ1) is 18.0. The van der Waals surface area contributed by atoms with Crippen LogP contribution in [0.3, 0.4) is 0 Å². The van der Waals surface area contributed by atoms with Crippen molar-refractivity contribution < 1.29 is 28.7 Å². The number of aryl methyl sites for hydroxylation is 1. The number of halogens is 2. The fourth-order valence-corrected chi connectivity index (χ4v) is 5.60. The lowest BCUT2D eigenvalue weighted by molar-refractivity contribution is -0.140. The number of carbonyl (C=O) groups excluding carboxylic acids is 3. The molecule has 2 aromatic carbocycles. The van der Waals surface area contributed by atoms with E-state index < -0.39 is 24.3 Å². The summed E-state index contributed by atoms with van der Waals surface area (Å²) in [5.41, 5.74) is 3.56. The number of Topliss-reactive ketones (excluding diaryl/α,β-unsaturated/α-hetero) is 2. The zero-order valence-corrected chi connectivity index (χ0v) is 23.7. The third kappa shape index (κ3) is 8.30. The summed E-state index contributed by atoms with van der Waals surface area (Å²) in [6.07, 6.45) is 3.43. The summed E-state index contributed by atoms with van der Waals surface area (Å²) < 4.78 is 11.5. The molecule has 1 fully saturated rings. The number of benzene rings is 2. The van der Waals surface area contributed by atoms with Gasteiger partial charge in [-0.05, 0) is 56.9 Å². The molecule has 2 atom stereocenters. The van der Waals surface area contributed by atoms with Gasteiger partial charge in [-0.3, -0.25) is 19.2 Å². The van der Waals surface area contributed by atoms with E-state index in [0.717, 1.165) is 47.7 Å². The number of likely N-dealkylation sites (tertiary alicyclic amines) is 1. The summed E-state index contributed by atoms with van der Waals surface area (Å²) in [5.74, 6) is -2.32. The summed E-state index contributed by atoms with van der Waals surface area (Å²) in [6, 6.07) is 12.5. The van der Waals surface area contributed by atoms with Gasteiger partial charge in [-0.1, -0.05) is 48.5 Å². The highest BCUT2D eigenvalue weighted by Crippen LogP contribution is 2.50. The summed E-state index contributed by atoms with van der Waals surface area (Å²) in [6.45, 7) is 4.66. The Bertz CT molecular complexity index is 1160. The molecule has 0 spiro atoms. The second-order valence-corrected chi connectivity index (χ2v) is 10.7. The summed E-state index contributed by atoms with van der Waals surface area (Å²) in [5, 5.41) is 9.02. The Morgan fingerprint density at radius 2 is 1.87 bits per heavy atom. The van der Waals surface area contributed by atoms with Crippen LogP contribution >= 0.6 is 23.4 Å². The minimum Gasteiger partial charge on any atom is -0.481 e. The Labute approximate surface area is 232 Å². The number of alkyl halides is 1. The van der Waals surface area contributed by atoms with Crippen LogP contribution in [0.2, 0.25) is 5.02 Å². The van der Waals surface area contributed by atoms with Crippen molar-refractivity contribution in [3.8, 4) is 0 Å². The van der Waals surface area contributed by atoms with E-state index in [0.29, 0.717) is 0 Å². The van der Waals surface area contributed by atoms with Crippen molar-refractivity contribution in [2.75, 3.05) is 25.2 Å². The van der Waals surface area contributed by atoms with Gasteiger partial charge in [-0.25, -0.2) is 4.39 Å². The number of carboxylic acids is 1. The number of fused-ring (bicyclic) bond motifs is 2. The molecule has 0 aliphatic carbocycles. The molecule has 7 nitrogen and oxygen atoms in total. The van der Waals surface area contributed by atoms with Crippen molar-refractivity contribution in [1.29, 1.82) is 0 Å². The lowest BCUT2D eigenvalue weighted by atomic mass is 10.0. The fourth-order valence-electron chi connectivity index (χ4n) is 4.09. The number of hydrogen-bond acceptors (Lipinski definition) is 6. The van der Waals surface area contributed by atoms with Gasteiger partial charge in [0.25, 0.3) is 0 Å². The highest BCUT2D eigenvalue weighted by molar-refractivity contribution is 7.99. The molecule has 0 saturated carbocycles. The first-order valence-electron chi connectivity index (χ1n) is 12.3. The van der Waals surface area contributed by atoms with Crippen LogP contribution in [0, 0.1) is 12.8 Å². The number of hydrogen-bond donors (Lipinski definition) is 1. The number of amides is 1. The van der Waals surface area contributed by atoms with E-state index in [9.17, 15) is 23.6 Å². The Morgan fingerprint density at radius 1 is 1.18 bits per heavy atom. The molecule has 2 unspecified atom stereocenters. The van der Waals surface area contributed by atoms with Gasteiger partial charge >= 0.3 is 5.97 Å². The molecule has 2 aliphatic heterocycles. The molecule has 1 amide bonds. The Morgan fingerprint density at radius 3 is 2.45 bits per heavy atom. The highest BCUT2D eigenvalue weighted by Gasteiger charge is 2.24.